The maximum absolute atomic E-state index is 13.2. The topological polar surface area (TPSA) is 141 Å². The number of esters is 1. The van der Waals surface area contributed by atoms with Gasteiger partial charge in [0.1, 0.15) is 13.2 Å². The highest BCUT2D eigenvalue weighted by atomic mass is 32.2. The Morgan fingerprint density at radius 3 is 2.00 bits per heavy atom. The van der Waals surface area contributed by atoms with Gasteiger partial charge in [0.15, 0.2) is 5.69 Å². The lowest BCUT2D eigenvalue weighted by Gasteiger charge is -2.13. The third kappa shape index (κ3) is 6.26. The number of aromatic carboxylic acids is 1. The first-order valence-corrected chi connectivity index (χ1v) is 12.7. The van der Waals surface area contributed by atoms with Gasteiger partial charge in [-0.05, 0) is 34.9 Å². The molecule has 1 heterocycles. The molecule has 0 unspecified atom stereocenters. The van der Waals surface area contributed by atoms with E-state index in [1.165, 1.54) is 30.3 Å². The molecule has 0 spiro atoms. The summed E-state index contributed by atoms with van der Waals surface area (Å²) in [5.41, 5.74) is 1.17. The summed E-state index contributed by atoms with van der Waals surface area (Å²) in [6, 6.07) is 24.4. The minimum absolute atomic E-state index is 0.0654. The Kier molecular flexibility index (Phi) is 7.88. The number of carbonyl (C=O) groups is 3. The van der Waals surface area contributed by atoms with E-state index in [-0.39, 0.29) is 29.9 Å². The fraction of sp³-hybridized carbons (Fsp3) is 0.0741. The summed E-state index contributed by atoms with van der Waals surface area (Å²) in [5.74, 6) is -2.20. The molecule has 194 valence electrons. The molecule has 0 aliphatic heterocycles. The Labute approximate surface area is 218 Å². The zero-order chi connectivity index (χ0) is 27.1. The Hall–Kier alpha value is -4.90. The largest absolute Gasteiger partial charge is 0.478 e. The molecule has 1 amide bonds. The minimum atomic E-state index is -4.66. The molecule has 0 fully saturated rings. The van der Waals surface area contributed by atoms with Crippen molar-refractivity contribution in [2.24, 2.45) is 0 Å². The molecule has 0 atom stereocenters. The number of nitrogens with one attached hydrogen (secondary N) is 1. The predicted molar refractivity (Wildman–Crippen MR) is 136 cm³/mol. The van der Waals surface area contributed by atoms with Gasteiger partial charge in [-0.3, -0.25) is 0 Å². The summed E-state index contributed by atoms with van der Waals surface area (Å²) in [4.78, 5) is 36.9. The molecular weight excluding hydrogens is 512 g/mol. The first-order valence-electron chi connectivity index (χ1n) is 11.2. The summed E-state index contributed by atoms with van der Waals surface area (Å²) in [6.45, 7) is -0.320. The maximum Gasteiger partial charge on any atom is 0.422 e. The molecule has 1 aromatic heterocycles. The highest BCUT2D eigenvalue weighted by Gasteiger charge is 2.28. The van der Waals surface area contributed by atoms with Gasteiger partial charge in [0.2, 0.25) is 0 Å². The second-order valence-electron chi connectivity index (χ2n) is 7.99. The van der Waals surface area contributed by atoms with Gasteiger partial charge in [-0.15, -0.1) is 0 Å². The van der Waals surface area contributed by atoms with Crippen molar-refractivity contribution in [2.45, 2.75) is 13.2 Å². The fourth-order valence-corrected chi connectivity index (χ4v) is 4.57. The first kappa shape index (κ1) is 26.2. The van der Waals surface area contributed by atoms with E-state index in [1.807, 2.05) is 0 Å². The molecular formula is C27H22N2O8S. The van der Waals surface area contributed by atoms with Gasteiger partial charge in [-0.2, -0.15) is 8.42 Å². The van der Waals surface area contributed by atoms with Crippen LogP contribution in [0.1, 0.15) is 32.0 Å². The average molecular weight is 535 g/mol. The third-order valence-electron chi connectivity index (χ3n) is 5.36. The summed E-state index contributed by atoms with van der Waals surface area (Å²) in [7, 11) is -4.66. The number of nitrogens with zero attached hydrogens (tertiary/aromatic N) is 1. The van der Waals surface area contributed by atoms with Crippen LogP contribution in [-0.2, 0) is 32.9 Å². The Balaban J connectivity index is 1.64. The molecule has 0 aliphatic carbocycles. The molecule has 10 nitrogen and oxygen atoms in total. The number of rotatable bonds is 9. The molecule has 3 aromatic carbocycles. The van der Waals surface area contributed by atoms with Crippen LogP contribution in [-0.4, -0.2) is 35.5 Å². The van der Waals surface area contributed by atoms with Crippen molar-refractivity contribution in [1.29, 1.82) is 0 Å². The highest BCUT2D eigenvalue weighted by molar-refractivity contribution is 7.88. The van der Waals surface area contributed by atoms with Crippen LogP contribution >= 0.6 is 0 Å². The second-order valence-corrected chi connectivity index (χ2v) is 9.54. The van der Waals surface area contributed by atoms with Crippen molar-refractivity contribution in [1.82, 2.24) is 8.69 Å². The molecule has 0 saturated carbocycles. The summed E-state index contributed by atoms with van der Waals surface area (Å²) < 4.78 is 39.0. The van der Waals surface area contributed by atoms with Crippen molar-refractivity contribution in [3.8, 4) is 11.1 Å². The molecule has 0 bridgehead atoms. The number of benzene rings is 3. The fourth-order valence-electron chi connectivity index (χ4n) is 3.57. The molecule has 0 saturated heterocycles. The summed E-state index contributed by atoms with van der Waals surface area (Å²) >= 11 is 0. The smallest absolute Gasteiger partial charge is 0.422 e. The molecule has 4 aromatic rings. The van der Waals surface area contributed by atoms with Crippen LogP contribution in [0.2, 0.25) is 0 Å². The van der Waals surface area contributed by atoms with Crippen LogP contribution < -0.4 is 4.72 Å². The van der Waals surface area contributed by atoms with E-state index in [0.29, 0.717) is 15.1 Å². The number of carbonyl (C=O) groups excluding carboxylic acids is 2. The van der Waals surface area contributed by atoms with Gasteiger partial charge in [0.25, 0.3) is 0 Å². The Morgan fingerprint density at radius 1 is 0.789 bits per heavy atom. The highest BCUT2D eigenvalue weighted by Crippen LogP contribution is 2.28. The quantitative estimate of drug-likeness (QED) is 0.304. The minimum Gasteiger partial charge on any atom is -0.478 e. The van der Waals surface area contributed by atoms with Gasteiger partial charge in [-0.1, -0.05) is 72.8 Å². The Morgan fingerprint density at radius 2 is 1.39 bits per heavy atom. The first-order chi connectivity index (χ1) is 18.2. The number of hydrogen-bond donors (Lipinski definition) is 2. The van der Waals surface area contributed by atoms with E-state index in [2.05, 4.69) is 0 Å². The lowest BCUT2D eigenvalue weighted by molar-refractivity contribution is 0.0465. The van der Waals surface area contributed by atoms with Crippen molar-refractivity contribution < 1.29 is 37.4 Å². The number of carboxylic acid groups (broad SMARTS) is 1. The standard InChI is InChI=1S/C27H22N2O8S/c30-25(31)22-13-7-12-21(16-22)23-14-15-29(24(23)26(32)36-17-19-8-3-1-4-9-19)38(34,35)28-27(33)37-18-20-10-5-2-6-11-20/h1-16H,17-18H2,(H,28,33)(H,30,31). The van der Waals surface area contributed by atoms with Crippen LogP contribution in [0.3, 0.4) is 0 Å². The van der Waals surface area contributed by atoms with Crippen molar-refractivity contribution in [3.05, 3.63) is 120 Å². The molecule has 4 rings (SSSR count). The van der Waals surface area contributed by atoms with Gasteiger partial charge < -0.3 is 14.6 Å². The predicted octanol–water partition coefficient (Wildman–Crippen LogP) is 4.23. The van der Waals surface area contributed by atoms with Crippen molar-refractivity contribution >= 4 is 28.2 Å². The monoisotopic (exact) mass is 534 g/mol. The zero-order valence-corrected chi connectivity index (χ0v) is 20.6. The zero-order valence-electron chi connectivity index (χ0n) is 19.8. The lowest BCUT2D eigenvalue weighted by Crippen LogP contribution is -2.36. The van der Waals surface area contributed by atoms with Crippen LogP contribution in [0.15, 0.2) is 97.2 Å². The van der Waals surface area contributed by atoms with Crippen LogP contribution in [0.5, 0.6) is 0 Å². The van der Waals surface area contributed by atoms with E-state index in [0.717, 1.165) is 6.20 Å². The maximum atomic E-state index is 13.2. The number of carboxylic acids is 1. The van der Waals surface area contributed by atoms with Crippen LogP contribution in [0.25, 0.3) is 11.1 Å². The Bertz CT molecular complexity index is 1570. The average Bonchev–Trinajstić information content (AvgIpc) is 3.38. The van der Waals surface area contributed by atoms with Crippen molar-refractivity contribution in [2.75, 3.05) is 0 Å². The number of hydrogen-bond acceptors (Lipinski definition) is 7. The van der Waals surface area contributed by atoms with E-state index >= 15 is 0 Å². The number of amides is 1. The molecule has 2 N–H and O–H groups in total. The molecule has 38 heavy (non-hydrogen) atoms. The van der Waals surface area contributed by atoms with E-state index in [4.69, 9.17) is 9.47 Å². The van der Waals surface area contributed by atoms with Crippen LogP contribution in [0, 0.1) is 0 Å². The van der Waals surface area contributed by atoms with Gasteiger partial charge >= 0.3 is 28.2 Å². The van der Waals surface area contributed by atoms with Crippen LogP contribution in [0.4, 0.5) is 4.79 Å². The van der Waals surface area contributed by atoms with Gasteiger partial charge in [0.05, 0.1) is 5.56 Å². The van der Waals surface area contributed by atoms with E-state index in [1.54, 1.807) is 65.4 Å². The SMILES string of the molecule is O=C(NS(=O)(=O)n1ccc(-c2cccc(C(=O)O)c2)c1C(=O)OCc1ccccc1)OCc1ccccc1. The third-order valence-corrected chi connectivity index (χ3v) is 6.61. The van der Waals surface area contributed by atoms with Gasteiger partial charge in [0, 0.05) is 11.8 Å². The summed E-state index contributed by atoms with van der Waals surface area (Å²) in [5, 5.41) is 9.36. The number of ether oxygens (including phenoxy) is 2. The molecule has 0 aliphatic rings. The van der Waals surface area contributed by atoms with E-state index in [9.17, 15) is 27.9 Å². The van der Waals surface area contributed by atoms with Crippen molar-refractivity contribution in [3.63, 3.8) is 0 Å². The summed E-state index contributed by atoms with van der Waals surface area (Å²) in [6.07, 6.45) is -0.185. The molecule has 11 heteroatoms. The normalized spacial score (nSPS) is 10.9. The van der Waals surface area contributed by atoms with E-state index < -0.39 is 33.9 Å². The molecule has 0 radical (unpaired) electrons. The number of aromatic nitrogens is 1. The lowest BCUT2D eigenvalue weighted by atomic mass is 10.0. The second kappa shape index (κ2) is 11.4. The van der Waals surface area contributed by atoms with Gasteiger partial charge in [-0.25, -0.2) is 23.1 Å².